The molecule has 0 bridgehead atoms. The number of carboxylic acids is 1. The molecule has 108 valence electrons. The lowest BCUT2D eigenvalue weighted by Crippen LogP contribution is -2.15. The van der Waals surface area contributed by atoms with Gasteiger partial charge in [-0.05, 0) is 35.7 Å². The summed E-state index contributed by atoms with van der Waals surface area (Å²) in [5.41, 5.74) is 8.00. The Kier molecular flexibility index (Phi) is 3.39. The summed E-state index contributed by atoms with van der Waals surface area (Å²) in [6.07, 6.45) is 0.335. The van der Waals surface area contributed by atoms with Gasteiger partial charge in [-0.2, -0.15) is 0 Å². The van der Waals surface area contributed by atoms with Crippen molar-refractivity contribution in [3.05, 3.63) is 53.6 Å². The van der Waals surface area contributed by atoms with E-state index in [2.05, 4.69) is 0 Å². The molecule has 0 aromatic heterocycles. The van der Waals surface area contributed by atoms with Gasteiger partial charge in [-0.15, -0.1) is 0 Å². The average molecular weight is 285 g/mol. The van der Waals surface area contributed by atoms with Crippen LogP contribution in [0.15, 0.2) is 42.5 Å². The largest absolute Gasteiger partial charge is 0.481 e. The van der Waals surface area contributed by atoms with Crippen molar-refractivity contribution in [3.63, 3.8) is 0 Å². The zero-order chi connectivity index (χ0) is 14.8. The Labute approximate surface area is 121 Å². The van der Waals surface area contributed by atoms with Crippen LogP contribution in [0.5, 0.6) is 11.5 Å². The number of para-hydroxylation sites is 1. The van der Waals surface area contributed by atoms with Crippen LogP contribution in [0.4, 0.5) is 5.69 Å². The van der Waals surface area contributed by atoms with Crippen LogP contribution in [-0.4, -0.2) is 17.9 Å². The van der Waals surface area contributed by atoms with Gasteiger partial charge in [0.1, 0.15) is 0 Å². The van der Waals surface area contributed by atoms with E-state index < -0.39 is 11.9 Å². The van der Waals surface area contributed by atoms with Gasteiger partial charge in [0.2, 0.25) is 6.79 Å². The van der Waals surface area contributed by atoms with Gasteiger partial charge >= 0.3 is 5.97 Å². The monoisotopic (exact) mass is 285 g/mol. The minimum absolute atomic E-state index is 0.169. The lowest BCUT2D eigenvalue weighted by atomic mass is 9.91. The van der Waals surface area contributed by atoms with E-state index >= 15 is 0 Å². The first-order valence-corrected chi connectivity index (χ1v) is 6.61. The van der Waals surface area contributed by atoms with E-state index in [1.54, 1.807) is 24.3 Å². The van der Waals surface area contributed by atoms with Crippen LogP contribution in [0.2, 0.25) is 0 Å². The van der Waals surface area contributed by atoms with Gasteiger partial charge in [-0.1, -0.05) is 24.3 Å². The highest BCUT2D eigenvalue weighted by molar-refractivity contribution is 5.77. The van der Waals surface area contributed by atoms with Crippen LogP contribution in [0.1, 0.15) is 17.0 Å². The Morgan fingerprint density at radius 3 is 2.71 bits per heavy atom. The Bertz CT molecular complexity index is 684. The fourth-order valence-electron chi connectivity index (χ4n) is 2.42. The lowest BCUT2D eigenvalue weighted by molar-refractivity contribution is -0.138. The molecule has 0 radical (unpaired) electrons. The summed E-state index contributed by atoms with van der Waals surface area (Å²) in [5.74, 6) is -0.344. The van der Waals surface area contributed by atoms with E-state index in [0.717, 1.165) is 5.56 Å². The molecule has 0 spiro atoms. The molecule has 3 N–H and O–H groups in total. The van der Waals surface area contributed by atoms with Crippen LogP contribution in [0.3, 0.4) is 0 Å². The predicted octanol–water partition coefficient (Wildman–Crippen LogP) is 2.41. The topological polar surface area (TPSA) is 81.8 Å². The van der Waals surface area contributed by atoms with Crippen molar-refractivity contribution in [2.75, 3.05) is 12.5 Å². The Hall–Kier alpha value is -2.69. The molecular formula is C16H15NO4. The van der Waals surface area contributed by atoms with Gasteiger partial charge in [0.05, 0.1) is 5.92 Å². The van der Waals surface area contributed by atoms with Gasteiger partial charge < -0.3 is 20.3 Å². The first-order chi connectivity index (χ1) is 10.1. The van der Waals surface area contributed by atoms with E-state index in [9.17, 15) is 9.90 Å². The van der Waals surface area contributed by atoms with E-state index in [-0.39, 0.29) is 6.79 Å². The maximum absolute atomic E-state index is 11.6. The second kappa shape index (κ2) is 5.36. The molecule has 1 aliphatic heterocycles. The summed E-state index contributed by atoms with van der Waals surface area (Å²) in [7, 11) is 0. The molecule has 3 rings (SSSR count). The molecule has 0 fully saturated rings. The molecule has 2 aromatic carbocycles. The highest BCUT2D eigenvalue weighted by Gasteiger charge is 2.24. The maximum Gasteiger partial charge on any atom is 0.311 e. The fourth-order valence-corrected chi connectivity index (χ4v) is 2.42. The highest BCUT2D eigenvalue weighted by atomic mass is 16.7. The zero-order valence-corrected chi connectivity index (χ0v) is 11.3. The molecule has 0 aliphatic carbocycles. The second-order valence-corrected chi connectivity index (χ2v) is 4.91. The van der Waals surface area contributed by atoms with Gasteiger partial charge in [-0.3, -0.25) is 4.79 Å². The van der Waals surface area contributed by atoms with Gasteiger partial charge in [0.25, 0.3) is 0 Å². The van der Waals surface area contributed by atoms with E-state index in [0.29, 0.717) is 29.2 Å². The smallest absolute Gasteiger partial charge is 0.311 e. The number of hydrogen-bond acceptors (Lipinski definition) is 4. The van der Waals surface area contributed by atoms with Gasteiger partial charge in [0.15, 0.2) is 11.5 Å². The average Bonchev–Trinajstić information content (AvgIpc) is 2.93. The van der Waals surface area contributed by atoms with Gasteiger partial charge in [0, 0.05) is 5.69 Å². The van der Waals surface area contributed by atoms with Crippen molar-refractivity contribution < 1.29 is 19.4 Å². The molecule has 0 saturated heterocycles. The third kappa shape index (κ3) is 2.63. The number of nitrogens with two attached hydrogens (primary N) is 1. The van der Waals surface area contributed by atoms with E-state index in [4.69, 9.17) is 15.2 Å². The van der Waals surface area contributed by atoms with E-state index in [1.807, 2.05) is 18.2 Å². The summed E-state index contributed by atoms with van der Waals surface area (Å²) in [6, 6.07) is 12.5. The summed E-state index contributed by atoms with van der Waals surface area (Å²) in [4.78, 5) is 11.6. The minimum atomic E-state index is -0.892. The number of nitrogen functional groups attached to an aromatic ring is 1. The summed E-state index contributed by atoms with van der Waals surface area (Å²) >= 11 is 0. The molecule has 0 unspecified atom stereocenters. The van der Waals surface area contributed by atoms with Crippen LogP contribution in [0, 0.1) is 0 Å². The Morgan fingerprint density at radius 2 is 1.95 bits per heavy atom. The quantitative estimate of drug-likeness (QED) is 0.843. The standard InChI is InChI=1S/C16H15NO4/c17-13-4-2-1-3-11(13)7-12(16(18)19)10-5-6-14-15(8-10)21-9-20-14/h1-6,8,12H,7,9,17H2,(H,18,19)/t12-/m1/s1. The maximum atomic E-state index is 11.6. The van der Waals surface area contributed by atoms with Crippen LogP contribution < -0.4 is 15.2 Å². The summed E-state index contributed by atoms with van der Waals surface area (Å²) < 4.78 is 10.5. The number of anilines is 1. The summed E-state index contributed by atoms with van der Waals surface area (Å²) in [6.45, 7) is 0.169. The van der Waals surface area contributed by atoms with E-state index in [1.165, 1.54) is 0 Å². The second-order valence-electron chi connectivity index (χ2n) is 4.91. The third-order valence-corrected chi connectivity index (χ3v) is 3.58. The number of aliphatic carboxylic acids is 1. The van der Waals surface area contributed by atoms with Crippen LogP contribution in [-0.2, 0) is 11.2 Å². The van der Waals surface area contributed by atoms with Crippen LogP contribution >= 0.6 is 0 Å². The number of ether oxygens (including phenoxy) is 2. The molecule has 2 aromatic rings. The molecule has 0 amide bonds. The Balaban J connectivity index is 1.92. The molecule has 5 nitrogen and oxygen atoms in total. The minimum Gasteiger partial charge on any atom is -0.481 e. The lowest BCUT2D eigenvalue weighted by Gasteiger charge is -2.14. The number of fused-ring (bicyclic) bond motifs is 1. The van der Waals surface area contributed by atoms with Crippen molar-refractivity contribution in [1.82, 2.24) is 0 Å². The van der Waals surface area contributed by atoms with Gasteiger partial charge in [-0.25, -0.2) is 0 Å². The fraction of sp³-hybridized carbons (Fsp3) is 0.188. The molecule has 21 heavy (non-hydrogen) atoms. The van der Waals surface area contributed by atoms with Crippen molar-refractivity contribution >= 4 is 11.7 Å². The van der Waals surface area contributed by atoms with Crippen LogP contribution in [0.25, 0.3) is 0 Å². The number of benzene rings is 2. The molecule has 1 aliphatic rings. The van der Waals surface area contributed by atoms with Crippen molar-refractivity contribution in [3.8, 4) is 11.5 Å². The Morgan fingerprint density at radius 1 is 1.19 bits per heavy atom. The predicted molar refractivity (Wildman–Crippen MR) is 77.5 cm³/mol. The molecule has 1 heterocycles. The number of carboxylic acid groups (broad SMARTS) is 1. The third-order valence-electron chi connectivity index (χ3n) is 3.58. The first kappa shape index (κ1) is 13.3. The zero-order valence-electron chi connectivity index (χ0n) is 11.3. The SMILES string of the molecule is Nc1ccccc1C[C@@H](C(=O)O)c1ccc2c(c1)OCO2. The molecule has 0 saturated carbocycles. The molecule has 5 heteroatoms. The highest BCUT2D eigenvalue weighted by Crippen LogP contribution is 2.35. The molecule has 1 atom stereocenters. The van der Waals surface area contributed by atoms with Crippen molar-refractivity contribution in [1.29, 1.82) is 0 Å². The number of carbonyl (C=O) groups is 1. The summed E-state index contributed by atoms with van der Waals surface area (Å²) in [5, 5.41) is 9.51. The number of hydrogen-bond donors (Lipinski definition) is 2. The first-order valence-electron chi connectivity index (χ1n) is 6.61. The van der Waals surface area contributed by atoms with Crippen molar-refractivity contribution in [2.45, 2.75) is 12.3 Å². The normalized spacial score (nSPS) is 13.9. The number of rotatable bonds is 4. The van der Waals surface area contributed by atoms with Crippen molar-refractivity contribution in [2.24, 2.45) is 0 Å². The molecular weight excluding hydrogens is 270 g/mol.